The van der Waals surface area contributed by atoms with Gasteiger partial charge in [-0.2, -0.15) is 0 Å². The second kappa shape index (κ2) is 8.41. The van der Waals surface area contributed by atoms with Crippen molar-refractivity contribution in [3.63, 3.8) is 0 Å². The highest BCUT2D eigenvalue weighted by Gasteiger charge is 2.15. The van der Waals surface area contributed by atoms with E-state index in [1.807, 2.05) is 20.8 Å². The Bertz CT molecular complexity index is 485. The number of benzene rings is 1. The maximum atomic E-state index is 11.5. The molecule has 5 nitrogen and oxygen atoms in total. The molecule has 0 saturated carbocycles. The highest BCUT2D eigenvalue weighted by Crippen LogP contribution is 2.14. The van der Waals surface area contributed by atoms with Crippen molar-refractivity contribution < 1.29 is 24.2 Å². The molecule has 0 aliphatic rings. The van der Waals surface area contributed by atoms with E-state index < -0.39 is 11.6 Å². The van der Waals surface area contributed by atoms with Gasteiger partial charge in [0.15, 0.2) is 0 Å². The van der Waals surface area contributed by atoms with E-state index in [9.17, 15) is 9.59 Å². The van der Waals surface area contributed by atoms with Crippen molar-refractivity contribution >= 4 is 11.9 Å². The van der Waals surface area contributed by atoms with Crippen LogP contribution in [0.5, 0.6) is 5.75 Å². The summed E-state index contributed by atoms with van der Waals surface area (Å²) in [5.74, 6) is -0.469. The molecule has 0 spiro atoms. The second-order valence-corrected chi connectivity index (χ2v) is 6.08. The number of carbonyl (C=O) groups excluding carboxylic acids is 1. The Kier molecular flexibility index (Phi) is 6.89. The first kappa shape index (κ1) is 18.0. The SMILES string of the molecule is CC(C)(C)OC(=O)CCCCCOc1ccc(C(=O)O)cc1. The van der Waals surface area contributed by atoms with Gasteiger partial charge in [0.2, 0.25) is 0 Å². The van der Waals surface area contributed by atoms with Crippen molar-refractivity contribution in [1.82, 2.24) is 0 Å². The second-order valence-electron chi connectivity index (χ2n) is 6.08. The lowest BCUT2D eigenvalue weighted by atomic mass is 10.1. The van der Waals surface area contributed by atoms with Gasteiger partial charge >= 0.3 is 11.9 Å². The fourth-order valence-corrected chi connectivity index (χ4v) is 1.82. The molecular weight excluding hydrogens is 284 g/mol. The van der Waals surface area contributed by atoms with Gasteiger partial charge in [0, 0.05) is 6.42 Å². The molecule has 122 valence electrons. The summed E-state index contributed by atoms with van der Waals surface area (Å²) in [6.07, 6.45) is 2.91. The van der Waals surface area contributed by atoms with Gasteiger partial charge in [0.05, 0.1) is 12.2 Å². The minimum absolute atomic E-state index is 0.169. The average molecular weight is 308 g/mol. The number of rotatable bonds is 8. The zero-order valence-electron chi connectivity index (χ0n) is 13.4. The van der Waals surface area contributed by atoms with Crippen LogP contribution in [0.25, 0.3) is 0 Å². The first-order valence-electron chi connectivity index (χ1n) is 7.46. The van der Waals surface area contributed by atoms with Gasteiger partial charge in [-0.25, -0.2) is 4.79 Å². The van der Waals surface area contributed by atoms with Gasteiger partial charge in [-0.1, -0.05) is 0 Å². The summed E-state index contributed by atoms with van der Waals surface area (Å²) in [6, 6.07) is 6.31. The molecule has 0 fully saturated rings. The predicted octanol–water partition coefficient (Wildman–Crippen LogP) is 3.67. The van der Waals surface area contributed by atoms with Crippen molar-refractivity contribution in [3.05, 3.63) is 29.8 Å². The third kappa shape index (κ3) is 7.67. The molecule has 0 aliphatic heterocycles. The molecule has 1 aromatic rings. The molecule has 1 rings (SSSR count). The molecule has 0 heterocycles. The third-order valence-corrected chi connectivity index (χ3v) is 2.82. The summed E-state index contributed by atoms with van der Waals surface area (Å²) in [7, 11) is 0. The number of aromatic carboxylic acids is 1. The summed E-state index contributed by atoms with van der Waals surface area (Å²) < 4.78 is 10.7. The summed E-state index contributed by atoms with van der Waals surface area (Å²) in [5, 5.41) is 8.79. The van der Waals surface area contributed by atoms with Crippen molar-refractivity contribution in [2.45, 2.75) is 52.1 Å². The molecule has 0 radical (unpaired) electrons. The topological polar surface area (TPSA) is 72.8 Å². The number of carboxylic acid groups (broad SMARTS) is 1. The highest BCUT2D eigenvalue weighted by molar-refractivity contribution is 5.87. The van der Waals surface area contributed by atoms with Crippen LogP contribution in [0.4, 0.5) is 0 Å². The van der Waals surface area contributed by atoms with Gasteiger partial charge in [-0.15, -0.1) is 0 Å². The minimum atomic E-state index is -0.950. The van der Waals surface area contributed by atoms with E-state index in [0.29, 0.717) is 18.8 Å². The third-order valence-electron chi connectivity index (χ3n) is 2.82. The van der Waals surface area contributed by atoms with E-state index >= 15 is 0 Å². The van der Waals surface area contributed by atoms with E-state index in [1.165, 1.54) is 12.1 Å². The van der Waals surface area contributed by atoms with Crippen LogP contribution in [0.3, 0.4) is 0 Å². The average Bonchev–Trinajstić information content (AvgIpc) is 2.41. The van der Waals surface area contributed by atoms with E-state index in [-0.39, 0.29) is 11.5 Å². The minimum Gasteiger partial charge on any atom is -0.494 e. The van der Waals surface area contributed by atoms with Crippen LogP contribution in [-0.2, 0) is 9.53 Å². The number of carbonyl (C=O) groups is 2. The van der Waals surface area contributed by atoms with Crippen LogP contribution in [0.2, 0.25) is 0 Å². The summed E-state index contributed by atoms with van der Waals surface area (Å²) in [6.45, 7) is 6.11. The maximum absolute atomic E-state index is 11.5. The van der Waals surface area contributed by atoms with E-state index in [1.54, 1.807) is 12.1 Å². The van der Waals surface area contributed by atoms with Crippen LogP contribution < -0.4 is 4.74 Å². The molecule has 22 heavy (non-hydrogen) atoms. The molecule has 1 aromatic carbocycles. The Balaban J connectivity index is 2.13. The molecule has 0 saturated heterocycles. The molecule has 0 unspecified atom stereocenters. The number of ether oxygens (including phenoxy) is 2. The molecule has 0 aliphatic carbocycles. The van der Waals surface area contributed by atoms with E-state index in [0.717, 1.165) is 19.3 Å². The standard InChI is InChI=1S/C17H24O5/c1-17(2,3)22-15(18)7-5-4-6-12-21-14-10-8-13(9-11-14)16(19)20/h8-11H,4-7,12H2,1-3H3,(H,19,20). The Morgan fingerprint density at radius 2 is 1.68 bits per heavy atom. The normalized spacial score (nSPS) is 11.0. The Morgan fingerprint density at radius 1 is 1.05 bits per heavy atom. The molecular formula is C17H24O5. The maximum Gasteiger partial charge on any atom is 0.335 e. The van der Waals surface area contributed by atoms with Gasteiger partial charge in [0.1, 0.15) is 11.4 Å². The molecule has 0 amide bonds. The largest absolute Gasteiger partial charge is 0.494 e. The number of unbranched alkanes of at least 4 members (excludes halogenated alkanes) is 2. The smallest absolute Gasteiger partial charge is 0.335 e. The molecule has 0 bridgehead atoms. The van der Waals surface area contributed by atoms with E-state index in [2.05, 4.69) is 0 Å². The summed E-state index contributed by atoms with van der Waals surface area (Å²) >= 11 is 0. The zero-order valence-corrected chi connectivity index (χ0v) is 13.4. The number of hydrogen-bond donors (Lipinski definition) is 1. The van der Waals surface area contributed by atoms with Crippen LogP contribution in [-0.4, -0.2) is 29.3 Å². The monoisotopic (exact) mass is 308 g/mol. The summed E-state index contributed by atoms with van der Waals surface area (Å²) in [5.41, 5.74) is -0.188. The Labute approximate surface area is 131 Å². The van der Waals surface area contributed by atoms with Gasteiger partial charge in [0.25, 0.3) is 0 Å². The quantitative estimate of drug-likeness (QED) is 0.586. The van der Waals surface area contributed by atoms with Gasteiger partial charge in [-0.3, -0.25) is 4.79 Å². The van der Waals surface area contributed by atoms with Crippen molar-refractivity contribution in [2.24, 2.45) is 0 Å². The van der Waals surface area contributed by atoms with E-state index in [4.69, 9.17) is 14.6 Å². The first-order valence-corrected chi connectivity index (χ1v) is 7.46. The van der Waals surface area contributed by atoms with Crippen molar-refractivity contribution in [2.75, 3.05) is 6.61 Å². The fourth-order valence-electron chi connectivity index (χ4n) is 1.82. The van der Waals surface area contributed by atoms with Gasteiger partial charge in [-0.05, 0) is 64.3 Å². The van der Waals surface area contributed by atoms with Gasteiger partial charge < -0.3 is 14.6 Å². The molecule has 1 N–H and O–H groups in total. The van der Waals surface area contributed by atoms with Crippen LogP contribution in [0, 0.1) is 0 Å². The van der Waals surface area contributed by atoms with Crippen molar-refractivity contribution in [1.29, 1.82) is 0 Å². The lowest BCUT2D eigenvalue weighted by molar-refractivity contribution is -0.154. The van der Waals surface area contributed by atoms with Crippen LogP contribution in [0.15, 0.2) is 24.3 Å². The summed E-state index contributed by atoms with van der Waals surface area (Å²) in [4.78, 5) is 22.2. The molecule has 0 atom stereocenters. The highest BCUT2D eigenvalue weighted by atomic mass is 16.6. The Morgan fingerprint density at radius 3 is 2.23 bits per heavy atom. The number of hydrogen-bond acceptors (Lipinski definition) is 4. The first-order chi connectivity index (χ1) is 10.3. The molecule has 0 aromatic heterocycles. The lowest BCUT2D eigenvalue weighted by Crippen LogP contribution is -2.23. The molecule has 5 heteroatoms. The number of carboxylic acids is 1. The van der Waals surface area contributed by atoms with Crippen LogP contribution in [0.1, 0.15) is 56.8 Å². The number of esters is 1. The Hall–Kier alpha value is -2.04. The zero-order chi connectivity index (χ0) is 16.6. The predicted molar refractivity (Wildman–Crippen MR) is 83.2 cm³/mol. The fraction of sp³-hybridized carbons (Fsp3) is 0.529. The lowest BCUT2D eigenvalue weighted by Gasteiger charge is -2.19. The van der Waals surface area contributed by atoms with Crippen molar-refractivity contribution in [3.8, 4) is 5.75 Å². The van der Waals surface area contributed by atoms with Crippen LogP contribution >= 0.6 is 0 Å².